The van der Waals surface area contributed by atoms with Crippen LogP contribution in [0.1, 0.15) is 5.56 Å². The maximum atomic E-state index is 12.0. The second-order valence-corrected chi connectivity index (χ2v) is 6.17. The molecule has 1 aromatic carbocycles. The third kappa shape index (κ3) is 4.37. The van der Waals surface area contributed by atoms with Gasteiger partial charge in [-0.3, -0.25) is 4.79 Å². The summed E-state index contributed by atoms with van der Waals surface area (Å²) in [5.41, 5.74) is 0.960. The first kappa shape index (κ1) is 15.1. The molecule has 1 aromatic heterocycles. The number of amides is 1. The number of aromatic nitrogens is 1. The van der Waals surface area contributed by atoms with E-state index >= 15 is 0 Å². The van der Waals surface area contributed by atoms with E-state index in [9.17, 15) is 13.2 Å². The van der Waals surface area contributed by atoms with Crippen LogP contribution in [0.3, 0.4) is 0 Å². The number of pyridine rings is 1. The SMILES string of the molecule is Cc1ccc(S(=O)(=O)NCC(=O)Nc2ccccn2)cc1. The third-order valence-corrected chi connectivity index (χ3v) is 4.10. The highest BCUT2D eigenvalue weighted by Crippen LogP contribution is 2.09. The minimum Gasteiger partial charge on any atom is -0.310 e. The van der Waals surface area contributed by atoms with Gasteiger partial charge in [-0.05, 0) is 31.2 Å². The molecule has 0 aliphatic carbocycles. The number of aryl methyl sites for hydroxylation is 1. The van der Waals surface area contributed by atoms with E-state index in [0.29, 0.717) is 5.82 Å². The lowest BCUT2D eigenvalue weighted by Gasteiger charge is -2.07. The zero-order chi connectivity index (χ0) is 15.3. The highest BCUT2D eigenvalue weighted by atomic mass is 32.2. The van der Waals surface area contributed by atoms with Gasteiger partial charge in [0.25, 0.3) is 0 Å². The average Bonchev–Trinajstić information content (AvgIpc) is 2.47. The molecule has 2 rings (SSSR count). The topological polar surface area (TPSA) is 88.2 Å². The normalized spacial score (nSPS) is 11.1. The number of carbonyl (C=O) groups is 1. The quantitative estimate of drug-likeness (QED) is 0.871. The van der Waals surface area contributed by atoms with Crippen molar-refractivity contribution in [3.8, 4) is 0 Å². The summed E-state index contributed by atoms with van der Waals surface area (Å²) in [6.07, 6.45) is 1.53. The number of nitrogens with zero attached hydrogens (tertiary/aromatic N) is 1. The Morgan fingerprint density at radius 1 is 1.14 bits per heavy atom. The van der Waals surface area contributed by atoms with Crippen LogP contribution in [0.4, 0.5) is 5.82 Å². The Morgan fingerprint density at radius 3 is 2.48 bits per heavy atom. The van der Waals surface area contributed by atoms with Crippen LogP contribution >= 0.6 is 0 Å². The number of sulfonamides is 1. The van der Waals surface area contributed by atoms with Gasteiger partial charge in [0.1, 0.15) is 5.82 Å². The third-order valence-electron chi connectivity index (χ3n) is 2.69. The summed E-state index contributed by atoms with van der Waals surface area (Å²) in [7, 11) is -3.70. The molecule has 0 saturated heterocycles. The fourth-order valence-electron chi connectivity index (χ4n) is 1.59. The standard InChI is InChI=1S/C14H15N3O3S/c1-11-5-7-12(8-6-11)21(19,20)16-10-14(18)17-13-4-2-3-9-15-13/h2-9,16H,10H2,1H3,(H,15,17,18). The zero-order valence-corrected chi connectivity index (χ0v) is 12.2. The highest BCUT2D eigenvalue weighted by molar-refractivity contribution is 7.89. The van der Waals surface area contributed by atoms with Crippen LogP contribution in [0.25, 0.3) is 0 Å². The molecule has 21 heavy (non-hydrogen) atoms. The van der Waals surface area contributed by atoms with E-state index in [4.69, 9.17) is 0 Å². The van der Waals surface area contributed by atoms with E-state index in [1.54, 1.807) is 30.3 Å². The van der Waals surface area contributed by atoms with Crippen molar-refractivity contribution in [2.45, 2.75) is 11.8 Å². The first-order chi connectivity index (χ1) is 9.97. The maximum Gasteiger partial charge on any atom is 0.241 e. The van der Waals surface area contributed by atoms with Gasteiger partial charge >= 0.3 is 0 Å². The molecule has 7 heteroatoms. The molecule has 1 heterocycles. The van der Waals surface area contributed by atoms with Crippen molar-refractivity contribution in [1.82, 2.24) is 9.71 Å². The molecule has 2 N–H and O–H groups in total. The number of nitrogens with one attached hydrogen (secondary N) is 2. The molecule has 6 nitrogen and oxygen atoms in total. The summed E-state index contributed by atoms with van der Waals surface area (Å²) >= 11 is 0. The average molecular weight is 305 g/mol. The Morgan fingerprint density at radius 2 is 1.86 bits per heavy atom. The number of benzene rings is 1. The molecule has 110 valence electrons. The van der Waals surface area contributed by atoms with Crippen LogP contribution in [0.15, 0.2) is 53.6 Å². The number of hydrogen-bond donors (Lipinski definition) is 2. The van der Waals surface area contributed by atoms with Gasteiger partial charge in [0, 0.05) is 6.20 Å². The number of carbonyl (C=O) groups excluding carboxylic acids is 1. The Bertz CT molecular complexity index is 713. The van der Waals surface area contributed by atoms with Gasteiger partial charge in [0.2, 0.25) is 15.9 Å². The van der Waals surface area contributed by atoms with Crippen molar-refractivity contribution in [2.75, 3.05) is 11.9 Å². The van der Waals surface area contributed by atoms with Crippen molar-refractivity contribution in [3.63, 3.8) is 0 Å². The highest BCUT2D eigenvalue weighted by Gasteiger charge is 2.15. The van der Waals surface area contributed by atoms with Crippen LogP contribution in [-0.4, -0.2) is 25.9 Å². The summed E-state index contributed by atoms with van der Waals surface area (Å²) < 4.78 is 26.2. The molecule has 0 fully saturated rings. The van der Waals surface area contributed by atoms with E-state index in [2.05, 4.69) is 15.0 Å². The van der Waals surface area contributed by atoms with Crippen LogP contribution in [0.2, 0.25) is 0 Å². The Balaban J connectivity index is 1.95. The van der Waals surface area contributed by atoms with Crippen LogP contribution in [0.5, 0.6) is 0 Å². The lowest BCUT2D eigenvalue weighted by molar-refractivity contribution is -0.115. The Labute approximate surface area is 123 Å². The van der Waals surface area contributed by atoms with Crippen molar-refractivity contribution in [3.05, 3.63) is 54.2 Å². The van der Waals surface area contributed by atoms with E-state index in [1.807, 2.05) is 6.92 Å². The largest absolute Gasteiger partial charge is 0.310 e. The predicted molar refractivity (Wildman–Crippen MR) is 79.2 cm³/mol. The summed E-state index contributed by atoms with van der Waals surface area (Å²) in [6, 6.07) is 11.4. The van der Waals surface area contributed by atoms with E-state index < -0.39 is 15.9 Å². The smallest absolute Gasteiger partial charge is 0.241 e. The second-order valence-electron chi connectivity index (χ2n) is 4.40. The molecule has 0 spiro atoms. The molecule has 0 radical (unpaired) electrons. The molecular formula is C14H15N3O3S. The second kappa shape index (κ2) is 6.47. The molecule has 0 aliphatic rings. The molecule has 0 bridgehead atoms. The fraction of sp³-hybridized carbons (Fsp3) is 0.143. The summed E-state index contributed by atoms with van der Waals surface area (Å²) in [5.74, 6) is -0.110. The van der Waals surface area contributed by atoms with E-state index in [0.717, 1.165) is 5.56 Å². The van der Waals surface area contributed by atoms with E-state index in [-0.39, 0.29) is 11.4 Å². The summed E-state index contributed by atoms with van der Waals surface area (Å²) in [4.78, 5) is 15.7. The van der Waals surface area contributed by atoms with Crippen molar-refractivity contribution < 1.29 is 13.2 Å². The van der Waals surface area contributed by atoms with Crippen LogP contribution in [0, 0.1) is 6.92 Å². The summed E-state index contributed by atoms with van der Waals surface area (Å²) in [5, 5.41) is 2.50. The first-order valence-electron chi connectivity index (χ1n) is 6.24. The molecule has 0 aliphatic heterocycles. The molecule has 2 aromatic rings. The lowest BCUT2D eigenvalue weighted by atomic mass is 10.2. The lowest BCUT2D eigenvalue weighted by Crippen LogP contribution is -2.33. The maximum absolute atomic E-state index is 12.0. The van der Waals surface area contributed by atoms with E-state index in [1.165, 1.54) is 18.3 Å². The Kier molecular flexibility index (Phi) is 4.66. The van der Waals surface area contributed by atoms with Gasteiger partial charge in [-0.1, -0.05) is 23.8 Å². The molecular weight excluding hydrogens is 290 g/mol. The molecule has 0 atom stereocenters. The van der Waals surface area contributed by atoms with Gasteiger partial charge in [-0.2, -0.15) is 0 Å². The van der Waals surface area contributed by atoms with Gasteiger partial charge in [-0.15, -0.1) is 0 Å². The van der Waals surface area contributed by atoms with Gasteiger partial charge in [0.15, 0.2) is 0 Å². The minimum atomic E-state index is -3.70. The predicted octanol–water partition coefficient (Wildman–Crippen LogP) is 1.31. The number of anilines is 1. The number of rotatable bonds is 5. The number of hydrogen-bond acceptors (Lipinski definition) is 4. The summed E-state index contributed by atoms with van der Waals surface area (Å²) in [6.45, 7) is 1.51. The van der Waals surface area contributed by atoms with Crippen molar-refractivity contribution in [2.24, 2.45) is 0 Å². The van der Waals surface area contributed by atoms with Gasteiger partial charge < -0.3 is 5.32 Å². The Hall–Kier alpha value is -2.25. The molecule has 0 saturated carbocycles. The first-order valence-corrected chi connectivity index (χ1v) is 7.73. The minimum absolute atomic E-state index is 0.124. The van der Waals surface area contributed by atoms with Crippen LogP contribution in [-0.2, 0) is 14.8 Å². The molecule has 1 amide bonds. The van der Waals surface area contributed by atoms with Crippen LogP contribution < -0.4 is 10.0 Å². The zero-order valence-electron chi connectivity index (χ0n) is 11.4. The van der Waals surface area contributed by atoms with Crippen molar-refractivity contribution in [1.29, 1.82) is 0 Å². The van der Waals surface area contributed by atoms with Gasteiger partial charge in [0.05, 0.1) is 11.4 Å². The van der Waals surface area contributed by atoms with Gasteiger partial charge in [-0.25, -0.2) is 18.1 Å². The molecule has 0 unspecified atom stereocenters. The van der Waals surface area contributed by atoms with Crippen molar-refractivity contribution >= 4 is 21.7 Å². The fourth-order valence-corrected chi connectivity index (χ4v) is 2.57. The monoisotopic (exact) mass is 305 g/mol.